The molecule has 0 aromatic heterocycles. The fraction of sp³-hybridized carbons (Fsp3) is 0.818. The standard InChI is InChI=1S/C11H18O5/c1-5-14-9(13)11(8(2)12)6-15-10(3,4)16-7-11/h5-7H2,1-4H3. The van der Waals surface area contributed by atoms with Gasteiger partial charge in [-0.3, -0.25) is 9.59 Å². The van der Waals surface area contributed by atoms with E-state index < -0.39 is 17.2 Å². The average Bonchev–Trinajstić information content (AvgIpc) is 2.18. The largest absolute Gasteiger partial charge is 0.465 e. The summed E-state index contributed by atoms with van der Waals surface area (Å²) in [6.45, 7) is 6.77. The summed E-state index contributed by atoms with van der Waals surface area (Å²) in [6, 6.07) is 0. The van der Waals surface area contributed by atoms with Crippen molar-refractivity contribution in [1.82, 2.24) is 0 Å². The third-order valence-electron chi connectivity index (χ3n) is 2.67. The van der Waals surface area contributed by atoms with Crippen molar-refractivity contribution in [3.8, 4) is 0 Å². The first-order valence-corrected chi connectivity index (χ1v) is 5.30. The Bertz CT molecular complexity index is 285. The van der Waals surface area contributed by atoms with Crippen molar-refractivity contribution in [3.63, 3.8) is 0 Å². The van der Waals surface area contributed by atoms with E-state index in [9.17, 15) is 9.59 Å². The summed E-state index contributed by atoms with van der Waals surface area (Å²) >= 11 is 0. The molecule has 0 amide bonds. The molecule has 5 heteroatoms. The van der Waals surface area contributed by atoms with Crippen LogP contribution in [-0.4, -0.2) is 37.4 Å². The molecule has 0 aliphatic carbocycles. The fourth-order valence-corrected chi connectivity index (χ4v) is 1.41. The summed E-state index contributed by atoms with van der Waals surface area (Å²) in [4.78, 5) is 23.4. The van der Waals surface area contributed by atoms with Gasteiger partial charge < -0.3 is 14.2 Å². The van der Waals surface area contributed by atoms with Gasteiger partial charge in [-0.05, 0) is 27.7 Å². The SMILES string of the molecule is CCOC(=O)C1(C(C)=O)COC(C)(C)OC1. The van der Waals surface area contributed by atoms with Gasteiger partial charge in [-0.2, -0.15) is 0 Å². The first-order valence-electron chi connectivity index (χ1n) is 5.30. The second-order valence-electron chi connectivity index (χ2n) is 4.34. The number of ether oxygens (including phenoxy) is 3. The van der Waals surface area contributed by atoms with Crippen LogP contribution < -0.4 is 0 Å². The van der Waals surface area contributed by atoms with Gasteiger partial charge in [0.2, 0.25) is 0 Å². The van der Waals surface area contributed by atoms with Crippen LogP contribution in [-0.2, 0) is 23.8 Å². The number of hydrogen-bond acceptors (Lipinski definition) is 5. The second-order valence-corrected chi connectivity index (χ2v) is 4.34. The lowest BCUT2D eigenvalue weighted by Crippen LogP contribution is -2.54. The third kappa shape index (κ3) is 2.41. The lowest BCUT2D eigenvalue weighted by atomic mass is 9.85. The van der Waals surface area contributed by atoms with Crippen molar-refractivity contribution >= 4 is 11.8 Å². The topological polar surface area (TPSA) is 61.8 Å². The molecule has 1 fully saturated rings. The molecule has 0 N–H and O–H groups in total. The van der Waals surface area contributed by atoms with Crippen LogP contribution in [0.5, 0.6) is 0 Å². The van der Waals surface area contributed by atoms with Crippen LogP contribution in [0.3, 0.4) is 0 Å². The molecule has 0 aromatic carbocycles. The molecular formula is C11H18O5. The van der Waals surface area contributed by atoms with Gasteiger partial charge in [-0.15, -0.1) is 0 Å². The Kier molecular flexibility index (Phi) is 3.70. The number of hydrogen-bond donors (Lipinski definition) is 0. The summed E-state index contributed by atoms with van der Waals surface area (Å²) in [6.07, 6.45) is 0. The fourth-order valence-electron chi connectivity index (χ4n) is 1.41. The van der Waals surface area contributed by atoms with E-state index in [2.05, 4.69) is 0 Å². The number of esters is 1. The molecule has 0 bridgehead atoms. The molecule has 0 spiro atoms. The number of ketones is 1. The van der Waals surface area contributed by atoms with Gasteiger partial charge in [-0.1, -0.05) is 0 Å². The summed E-state index contributed by atoms with van der Waals surface area (Å²) in [5.41, 5.74) is -1.30. The van der Waals surface area contributed by atoms with Crippen LogP contribution >= 0.6 is 0 Å². The van der Waals surface area contributed by atoms with Crippen molar-refractivity contribution in [2.24, 2.45) is 5.41 Å². The summed E-state index contributed by atoms with van der Waals surface area (Å²) in [5.74, 6) is -1.62. The maximum atomic E-state index is 11.8. The Hall–Kier alpha value is -0.940. The summed E-state index contributed by atoms with van der Waals surface area (Å²) in [7, 11) is 0. The normalized spacial score (nSPS) is 22.5. The van der Waals surface area contributed by atoms with Crippen molar-refractivity contribution in [1.29, 1.82) is 0 Å². The van der Waals surface area contributed by atoms with E-state index >= 15 is 0 Å². The highest BCUT2D eigenvalue weighted by atomic mass is 16.7. The quantitative estimate of drug-likeness (QED) is 0.532. The molecule has 0 saturated carbocycles. The van der Waals surface area contributed by atoms with Crippen LogP contribution in [0.2, 0.25) is 0 Å². The summed E-state index contributed by atoms with van der Waals surface area (Å²) in [5, 5.41) is 0. The van der Waals surface area contributed by atoms with Crippen LogP contribution in [0.15, 0.2) is 0 Å². The number of carbonyl (C=O) groups is 2. The third-order valence-corrected chi connectivity index (χ3v) is 2.67. The molecule has 0 aromatic rings. The molecule has 1 saturated heterocycles. The van der Waals surface area contributed by atoms with E-state index in [4.69, 9.17) is 14.2 Å². The molecule has 1 heterocycles. The molecule has 0 unspecified atom stereocenters. The van der Waals surface area contributed by atoms with Crippen LogP contribution in [0.4, 0.5) is 0 Å². The van der Waals surface area contributed by atoms with Crippen LogP contribution in [0, 0.1) is 5.41 Å². The summed E-state index contributed by atoms with van der Waals surface area (Å²) < 4.78 is 15.6. The number of carbonyl (C=O) groups excluding carboxylic acids is 2. The van der Waals surface area contributed by atoms with Crippen LogP contribution in [0.1, 0.15) is 27.7 Å². The number of rotatable bonds is 3. The Morgan fingerprint density at radius 2 is 1.75 bits per heavy atom. The molecule has 1 rings (SSSR count). The van der Waals surface area contributed by atoms with Crippen molar-refractivity contribution in [3.05, 3.63) is 0 Å². The molecule has 16 heavy (non-hydrogen) atoms. The lowest BCUT2D eigenvalue weighted by Gasteiger charge is -2.40. The minimum atomic E-state index is -1.30. The van der Waals surface area contributed by atoms with Gasteiger partial charge in [0.25, 0.3) is 0 Å². The second kappa shape index (κ2) is 4.51. The smallest absolute Gasteiger partial charge is 0.324 e. The lowest BCUT2D eigenvalue weighted by molar-refractivity contribution is -0.278. The Balaban J connectivity index is 2.85. The Labute approximate surface area is 95.0 Å². The average molecular weight is 230 g/mol. The van der Waals surface area contributed by atoms with E-state index in [0.29, 0.717) is 0 Å². The molecule has 92 valence electrons. The van der Waals surface area contributed by atoms with Gasteiger partial charge in [-0.25, -0.2) is 0 Å². The zero-order chi connectivity index (χ0) is 12.4. The van der Waals surface area contributed by atoms with E-state index in [1.54, 1.807) is 20.8 Å². The number of Topliss-reactive ketones (excluding diaryl/α,β-unsaturated/α-hetero) is 1. The highest BCUT2D eigenvalue weighted by Gasteiger charge is 2.50. The predicted molar refractivity (Wildman–Crippen MR) is 55.7 cm³/mol. The van der Waals surface area contributed by atoms with Gasteiger partial charge in [0.15, 0.2) is 17.0 Å². The Morgan fingerprint density at radius 3 is 2.12 bits per heavy atom. The zero-order valence-electron chi connectivity index (χ0n) is 10.2. The van der Waals surface area contributed by atoms with E-state index in [-0.39, 0.29) is 25.6 Å². The van der Waals surface area contributed by atoms with E-state index in [0.717, 1.165) is 0 Å². The molecule has 1 aliphatic heterocycles. The monoisotopic (exact) mass is 230 g/mol. The minimum Gasteiger partial charge on any atom is -0.465 e. The maximum absolute atomic E-state index is 11.8. The molecule has 0 atom stereocenters. The van der Waals surface area contributed by atoms with Gasteiger partial charge in [0.05, 0.1) is 19.8 Å². The van der Waals surface area contributed by atoms with E-state index in [1.807, 2.05) is 0 Å². The molecule has 5 nitrogen and oxygen atoms in total. The first-order chi connectivity index (χ1) is 7.34. The van der Waals surface area contributed by atoms with Crippen LogP contribution in [0.25, 0.3) is 0 Å². The molecular weight excluding hydrogens is 212 g/mol. The maximum Gasteiger partial charge on any atom is 0.324 e. The van der Waals surface area contributed by atoms with Crippen molar-refractivity contribution < 1.29 is 23.8 Å². The predicted octanol–water partition coefficient (Wildman–Crippen LogP) is 0.908. The van der Waals surface area contributed by atoms with Crippen molar-refractivity contribution in [2.45, 2.75) is 33.5 Å². The molecule has 1 aliphatic rings. The minimum absolute atomic E-state index is 0.00810. The highest BCUT2D eigenvalue weighted by molar-refractivity contribution is 6.03. The zero-order valence-corrected chi connectivity index (χ0v) is 10.2. The van der Waals surface area contributed by atoms with Gasteiger partial charge in [0.1, 0.15) is 0 Å². The van der Waals surface area contributed by atoms with E-state index in [1.165, 1.54) is 6.92 Å². The Morgan fingerprint density at radius 1 is 1.25 bits per heavy atom. The van der Waals surface area contributed by atoms with Gasteiger partial charge >= 0.3 is 5.97 Å². The first kappa shape index (κ1) is 13.1. The molecule has 0 radical (unpaired) electrons. The highest BCUT2D eigenvalue weighted by Crippen LogP contribution is 2.31. The van der Waals surface area contributed by atoms with Crippen molar-refractivity contribution in [2.75, 3.05) is 19.8 Å². The van der Waals surface area contributed by atoms with Gasteiger partial charge in [0, 0.05) is 0 Å².